The fourth-order valence-corrected chi connectivity index (χ4v) is 2.39. The van der Waals surface area contributed by atoms with E-state index in [1.54, 1.807) is 26.2 Å². The van der Waals surface area contributed by atoms with Gasteiger partial charge in [0.15, 0.2) is 0 Å². The Kier molecular flexibility index (Phi) is 6.07. The summed E-state index contributed by atoms with van der Waals surface area (Å²) in [6.45, 7) is 2.02. The molecule has 2 amide bonds. The molecule has 0 heterocycles. The Hall–Kier alpha value is -2.69. The SMILES string of the molecule is COc1ccc(C[C@@H](C)N(C)C(=O)Nc2ccccc2OC)cc1. The van der Waals surface area contributed by atoms with Gasteiger partial charge in [-0.05, 0) is 43.2 Å². The molecule has 2 rings (SSSR count). The number of benzene rings is 2. The number of hydrogen-bond acceptors (Lipinski definition) is 3. The lowest BCUT2D eigenvalue weighted by atomic mass is 10.1. The minimum Gasteiger partial charge on any atom is -0.497 e. The van der Waals surface area contributed by atoms with Gasteiger partial charge < -0.3 is 19.7 Å². The highest BCUT2D eigenvalue weighted by Crippen LogP contribution is 2.23. The number of hydrogen-bond donors (Lipinski definition) is 1. The topological polar surface area (TPSA) is 50.8 Å². The summed E-state index contributed by atoms with van der Waals surface area (Å²) >= 11 is 0. The molecule has 1 N–H and O–H groups in total. The molecule has 0 saturated carbocycles. The van der Waals surface area contributed by atoms with Gasteiger partial charge in [0.25, 0.3) is 0 Å². The average molecular weight is 328 g/mol. The average Bonchev–Trinajstić information content (AvgIpc) is 2.62. The molecule has 0 aliphatic heterocycles. The first-order valence-electron chi connectivity index (χ1n) is 7.85. The Balaban J connectivity index is 1.98. The van der Waals surface area contributed by atoms with Crippen LogP contribution in [0.3, 0.4) is 0 Å². The van der Waals surface area contributed by atoms with Gasteiger partial charge in [0.2, 0.25) is 0 Å². The number of urea groups is 1. The maximum absolute atomic E-state index is 12.5. The number of likely N-dealkylation sites (N-methyl/N-ethyl adjacent to an activating group) is 1. The van der Waals surface area contributed by atoms with Gasteiger partial charge in [0.1, 0.15) is 11.5 Å². The van der Waals surface area contributed by atoms with Crippen LogP contribution >= 0.6 is 0 Å². The molecule has 0 unspecified atom stereocenters. The molecule has 128 valence electrons. The van der Waals surface area contributed by atoms with E-state index in [0.29, 0.717) is 11.4 Å². The molecule has 0 bridgehead atoms. The number of methoxy groups -OCH3 is 2. The van der Waals surface area contributed by atoms with E-state index in [9.17, 15) is 4.79 Å². The lowest BCUT2D eigenvalue weighted by Crippen LogP contribution is -2.39. The Bertz CT molecular complexity index is 671. The van der Waals surface area contributed by atoms with Crippen LogP contribution < -0.4 is 14.8 Å². The summed E-state index contributed by atoms with van der Waals surface area (Å²) in [7, 11) is 5.02. The van der Waals surface area contributed by atoms with Crippen molar-refractivity contribution in [1.82, 2.24) is 4.90 Å². The van der Waals surface area contributed by atoms with E-state index in [1.807, 2.05) is 55.5 Å². The van der Waals surface area contributed by atoms with Crippen LogP contribution in [-0.2, 0) is 6.42 Å². The number of carbonyl (C=O) groups excluding carboxylic acids is 1. The van der Waals surface area contributed by atoms with Crippen molar-refractivity contribution in [2.45, 2.75) is 19.4 Å². The van der Waals surface area contributed by atoms with Gasteiger partial charge in [-0.25, -0.2) is 4.79 Å². The summed E-state index contributed by atoms with van der Waals surface area (Å²) in [5.74, 6) is 1.47. The van der Waals surface area contributed by atoms with Crippen LogP contribution in [0, 0.1) is 0 Å². The van der Waals surface area contributed by atoms with Crippen molar-refractivity contribution >= 4 is 11.7 Å². The van der Waals surface area contributed by atoms with E-state index in [0.717, 1.165) is 17.7 Å². The van der Waals surface area contributed by atoms with Gasteiger partial charge in [0.05, 0.1) is 19.9 Å². The summed E-state index contributed by atoms with van der Waals surface area (Å²) in [5, 5.41) is 2.89. The maximum Gasteiger partial charge on any atom is 0.321 e. The molecule has 2 aromatic rings. The van der Waals surface area contributed by atoms with Crippen LogP contribution in [-0.4, -0.2) is 38.2 Å². The molecular formula is C19H24N2O3. The zero-order valence-electron chi connectivity index (χ0n) is 14.6. The van der Waals surface area contributed by atoms with Crippen LogP contribution in [0.15, 0.2) is 48.5 Å². The Morgan fingerprint density at radius 2 is 1.75 bits per heavy atom. The van der Waals surface area contributed by atoms with Crippen LogP contribution in [0.4, 0.5) is 10.5 Å². The molecule has 24 heavy (non-hydrogen) atoms. The summed E-state index contributed by atoms with van der Waals surface area (Å²) in [5.41, 5.74) is 1.81. The predicted octanol–water partition coefficient (Wildman–Crippen LogP) is 3.80. The first-order chi connectivity index (χ1) is 11.5. The zero-order chi connectivity index (χ0) is 17.5. The number of nitrogens with zero attached hydrogens (tertiary/aromatic N) is 1. The van der Waals surface area contributed by atoms with Crippen molar-refractivity contribution in [3.05, 3.63) is 54.1 Å². The fraction of sp³-hybridized carbons (Fsp3) is 0.316. The number of rotatable bonds is 6. The quantitative estimate of drug-likeness (QED) is 0.877. The number of ether oxygens (including phenoxy) is 2. The van der Waals surface area contributed by atoms with Crippen LogP contribution in [0.1, 0.15) is 12.5 Å². The van der Waals surface area contributed by atoms with E-state index < -0.39 is 0 Å². The van der Waals surface area contributed by atoms with E-state index >= 15 is 0 Å². The first kappa shape index (κ1) is 17.7. The smallest absolute Gasteiger partial charge is 0.321 e. The number of anilines is 1. The second kappa shape index (κ2) is 8.24. The summed E-state index contributed by atoms with van der Waals surface area (Å²) in [4.78, 5) is 14.1. The van der Waals surface area contributed by atoms with Gasteiger partial charge in [-0.2, -0.15) is 0 Å². The van der Waals surface area contributed by atoms with Gasteiger partial charge in [-0.1, -0.05) is 24.3 Å². The van der Waals surface area contributed by atoms with E-state index in [4.69, 9.17) is 9.47 Å². The van der Waals surface area contributed by atoms with Crippen molar-refractivity contribution in [2.75, 3.05) is 26.6 Å². The predicted molar refractivity (Wildman–Crippen MR) is 95.9 cm³/mol. The molecule has 0 aromatic heterocycles. The minimum absolute atomic E-state index is 0.0492. The highest BCUT2D eigenvalue weighted by atomic mass is 16.5. The molecule has 0 fully saturated rings. The van der Waals surface area contributed by atoms with Crippen LogP contribution in [0.5, 0.6) is 11.5 Å². The van der Waals surface area contributed by atoms with Crippen molar-refractivity contribution in [3.8, 4) is 11.5 Å². The van der Waals surface area contributed by atoms with E-state index in [-0.39, 0.29) is 12.1 Å². The number of nitrogens with one attached hydrogen (secondary N) is 1. The lowest BCUT2D eigenvalue weighted by molar-refractivity contribution is 0.207. The third-order valence-corrected chi connectivity index (χ3v) is 4.02. The van der Waals surface area contributed by atoms with Crippen molar-refractivity contribution in [1.29, 1.82) is 0 Å². The van der Waals surface area contributed by atoms with Crippen molar-refractivity contribution in [3.63, 3.8) is 0 Å². The monoisotopic (exact) mass is 328 g/mol. The molecule has 2 aromatic carbocycles. The standard InChI is InChI=1S/C19H24N2O3/c1-14(13-15-9-11-16(23-3)12-10-15)21(2)19(22)20-17-7-5-6-8-18(17)24-4/h5-12,14H,13H2,1-4H3,(H,20,22)/t14-/m1/s1. The number of para-hydroxylation sites is 2. The third-order valence-electron chi connectivity index (χ3n) is 4.02. The van der Waals surface area contributed by atoms with Gasteiger partial charge in [0, 0.05) is 13.1 Å². The van der Waals surface area contributed by atoms with E-state index in [1.165, 1.54) is 0 Å². The first-order valence-corrected chi connectivity index (χ1v) is 7.85. The minimum atomic E-state index is -0.166. The fourth-order valence-electron chi connectivity index (χ4n) is 2.39. The number of amides is 2. The summed E-state index contributed by atoms with van der Waals surface area (Å²) in [6.07, 6.45) is 0.764. The van der Waals surface area contributed by atoms with Crippen molar-refractivity contribution in [2.24, 2.45) is 0 Å². The second-order valence-electron chi connectivity index (χ2n) is 5.64. The highest BCUT2D eigenvalue weighted by Gasteiger charge is 2.17. The van der Waals surface area contributed by atoms with Crippen LogP contribution in [0.25, 0.3) is 0 Å². The Labute approximate surface area is 143 Å². The molecule has 1 atom stereocenters. The lowest BCUT2D eigenvalue weighted by Gasteiger charge is -2.25. The molecule has 0 radical (unpaired) electrons. The second-order valence-corrected chi connectivity index (χ2v) is 5.64. The van der Waals surface area contributed by atoms with Crippen molar-refractivity contribution < 1.29 is 14.3 Å². The van der Waals surface area contributed by atoms with E-state index in [2.05, 4.69) is 5.32 Å². The van der Waals surface area contributed by atoms with Gasteiger partial charge in [-0.3, -0.25) is 0 Å². The Morgan fingerprint density at radius 3 is 2.38 bits per heavy atom. The number of carbonyl (C=O) groups is 1. The van der Waals surface area contributed by atoms with Crippen LogP contribution in [0.2, 0.25) is 0 Å². The molecule has 0 aliphatic rings. The molecule has 5 heteroatoms. The molecular weight excluding hydrogens is 304 g/mol. The van der Waals surface area contributed by atoms with Gasteiger partial charge >= 0.3 is 6.03 Å². The highest BCUT2D eigenvalue weighted by molar-refractivity contribution is 5.91. The third kappa shape index (κ3) is 4.41. The molecule has 5 nitrogen and oxygen atoms in total. The summed E-state index contributed by atoms with van der Waals surface area (Å²) in [6, 6.07) is 15.1. The molecule has 0 aliphatic carbocycles. The normalized spacial score (nSPS) is 11.5. The maximum atomic E-state index is 12.5. The molecule has 0 saturated heterocycles. The summed E-state index contributed by atoms with van der Waals surface area (Å²) < 4.78 is 10.4. The Morgan fingerprint density at radius 1 is 1.08 bits per heavy atom. The van der Waals surface area contributed by atoms with Gasteiger partial charge in [-0.15, -0.1) is 0 Å². The zero-order valence-corrected chi connectivity index (χ0v) is 14.6. The molecule has 0 spiro atoms. The largest absolute Gasteiger partial charge is 0.497 e.